The molecular formula is C17H21NO8. The number of carbonyl (C=O) groups excluding carboxylic acids is 1. The van der Waals surface area contributed by atoms with Crippen LogP contribution in [0.3, 0.4) is 0 Å². The van der Waals surface area contributed by atoms with E-state index < -0.39 is 52.9 Å². The Morgan fingerprint density at radius 1 is 1.23 bits per heavy atom. The third-order valence-electron chi connectivity index (χ3n) is 4.78. The minimum atomic E-state index is -2.93. The van der Waals surface area contributed by atoms with Crippen LogP contribution in [0.2, 0.25) is 0 Å². The van der Waals surface area contributed by atoms with Crippen LogP contribution in [0.25, 0.3) is 0 Å². The number of hydrogen-bond donors (Lipinski definition) is 3. The standard InChI is InChI=1S/C17H21NO8/c1-3-26-15(21)17(23)9-12(11-6-4-10(2)5-7-11)8-16(22,14(19)20)13(17)18(24)25/h4-7,12-13,22-23H,3,8-9H2,1-2H3,(H,19,20)/t12-,13-,16-,17+/m0/s1. The molecule has 1 aromatic carbocycles. The summed E-state index contributed by atoms with van der Waals surface area (Å²) in [5.41, 5.74) is -4.22. The lowest BCUT2D eigenvalue weighted by atomic mass is 9.64. The van der Waals surface area contributed by atoms with Gasteiger partial charge in [-0.1, -0.05) is 29.8 Å². The second-order valence-corrected chi connectivity index (χ2v) is 6.58. The number of carbonyl (C=O) groups is 2. The quantitative estimate of drug-likeness (QED) is 0.390. The Morgan fingerprint density at radius 3 is 2.23 bits per heavy atom. The van der Waals surface area contributed by atoms with Gasteiger partial charge in [-0.25, -0.2) is 9.59 Å². The molecule has 0 spiro atoms. The molecule has 4 atom stereocenters. The maximum atomic E-state index is 12.3. The van der Waals surface area contributed by atoms with E-state index in [0.29, 0.717) is 5.56 Å². The monoisotopic (exact) mass is 367 g/mol. The highest BCUT2D eigenvalue weighted by molar-refractivity contribution is 5.85. The van der Waals surface area contributed by atoms with E-state index in [1.54, 1.807) is 24.3 Å². The molecule has 0 aromatic heterocycles. The van der Waals surface area contributed by atoms with Gasteiger partial charge in [0, 0.05) is 17.8 Å². The Bertz CT molecular complexity index is 718. The van der Waals surface area contributed by atoms with Gasteiger partial charge in [-0.2, -0.15) is 0 Å². The summed E-state index contributed by atoms with van der Waals surface area (Å²) in [4.78, 5) is 34.3. The van der Waals surface area contributed by atoms with E-state index in [2.05, 4.69) is 0 Å². The number of ether oxygens (including phenoxy) is 1. The summed E-state index contributed by atoms with van der Waals surface area (Å²) in [6, 6.07) is 4.38. The van der Waals surface area contributed by atoms with Crippen molar-refractivity contribution in [1.29, 1.82) is 0 Å². The number of aryl methyl sites for hydroxylation is 1. The second kappa shape index (κ2) is 7.00. The molecule has 9 heteroatoms. The Balaban J connectivity index is 2.58. The lowest BCUT2D eigenvalue weighted by Crippen LogP contribution is -2.70. The van der Waals surface area contributed by atoms with Gasteiger partial charge in [0.25, 0.3) is 6.04 Å². The van der Waals surface area contributed by atoms with E-state index >= 15 is 0 Å². The molecule has 0 radical (unpaired) electrons. The van der Waals surface area contributed by atoms with Crippen LogP contribution in [0, 0.1) is 17.0 Å². The van der Waals surface area contributed by atoms with Crippen molar-refractivity contribution in [3.63, 3.8) is 0 Å². The van der Waals surface area contributed by atoms with Crippen molar-refractivity contribution in [2.24, 2.45) is 0 Å². The lowest BCUT2D eigenvalue weighted by Gasteiger charge is -2.43. The maximum Gasteiger partial charge on any atom is 0.345 e. The molecule has 0 amide bonds. The first-order chi connectivity index (χ1) is 12.1. The van der Waals surface area contributed by atoms with Gasteiger partial charge in [-0.15, -0.1) is 0 Å². The first kappa shape index (κ1) is 19.8. The fourth-order valence-corrected chi connectivity index (χ4v) is 3.52. The SMILES string of the molecule is CCOC(=O)[C@@]1(O)C[C@@H](c2ccc(C)cc2)C[C@@](O)(C(=O)O)[C@@H]1[N+](=O)[O-]. The number of rotatable bonds is 5. The number of carboxylic acids is 1. The van der Waals surface area contributed by atoms with Crippen LogP contribution in [-0.4, -0.2) is 56.0 Å². The lowest BCUT2D eigenvalue weighted by molar-refractivity contribution is -0.565. The predicted octanol–water partition coefficient (Wildman–Crippen LogP) is 0.628. The molecule has 1 aliphatic rings. The summed E-state index contributed by atoms with van der Waals surface area (Å²) in [7, 11) is 0. The van der Waals surface area contributed by atoms with Crippen molar-refractivity contribution in [2.75, 3.05) is 6.61 Å². The van der Waals surface area contributed by atoms with Crippen molar-refractivity contribution in [1.82, 2.24) is 0 Å². The van der Waals surface area contributed by atoms with Crippen molar-refractivity contribution >= 4 is 11.9 Å². The first-order valence-corrected chi connectivity index (χ1v) is 8.11. The Morgan fingerprint density at radius 2 is 1.77 bits per heavy atom. The number of nitrogens with zero attached hydrogens (tertiary/aromatic N) is 1. The average Bonchev–Trinajstić information content (AvgIpc) is 2.54. The Hall–Kier alpha value is -2.52. The topological polar surface area (TPSA) is 147 Å². The zero-order valence-corrected chi connectivity index (χ0v) is 14.4. The maximum absolute atomic E-state index is 12.3. The molecule has 0 unspecified atom stereocenters. The molecule has 142 valence electrons. The van der Waals surface area contributed by atoms with E-state index in [1.165, 1.54) is 6.92 Å². The molecule has 1 fully saturated rings. The molecule has 1 aromatic rings. The van der Waals surface area contributed by atoms with Crippen LogP contribution in [0.1, 0.15) is 36.8 Å². The summed E-state index contributed by atoms with van der Waals surface area (Å²) in [5.74, 6) is -3.99. The van der Waals surface area contributed by atoms with E-state index in [-0.39, 0.29) is 6.61 Å². The molecule has 3 N–H and O–H groups in total. The van der Waals surface area contributed by atoms with Gasteiger partial charge >= 0.3 is 11.9 Å². The molecule has 26 heavy (non-hydrogen) atoms. The zero-order chi connectivity index (χ0) is 19.7. The van der Waals surface area contributed by atoms with Gasteiger partial charge in [-0.3, -0.25) is 10.1 Å². The highest BCUT2D eigenvalue weighted by Gasteiger charge is 2.70. The minimum absolute atomic E-state index is 0.160. The molecule has 1 aliphatic carbocycles. The van der Waals surface area contributed by atoms with Crippen molar-refractivity contribution < 1.29 is 34.6 Å². The molecule has 9 nitrogen and oxygen atoms in total. The van der Waals surface area contributed by atoms with Crippen molar-refractivity contribution in [3.8, 4) is 0 Å². The Labute approximate surface area is 149 Å². The number of benzene rings is 1. The fourth-order valence-electron chi connectivity index (χ4n) is 3.52. The number of aliphatic carboxylic acids is 1. The summed E-state index contributed by atoms with van der Waals surface area (Å²) in [6.07, 6.45) is -0.950. The van der Waals surface area contributed by atoms with Gasteiger partial charge in [0.2, 0.25) is 11.2 Å². The predicted molar refractivity (Wildman–Crippen MR) is 88.1 cm³/mol. The number of aliphatic hydroxyl groups is 2. The van der Waals surface area contributed by atoms with Crippen molar-refractivity contribution in [3.05, 3.63) is 45.5 Å². The van der Waals surface area contributed by atoms with Gasteiger partial charge in [0.05, 0.1) is 6.61 Å². The van der Waals surface area contributed by atoms with Crippen LogP contribution < -0.4 is 0 Å². The Kier molecular flexibility index (Phi) is 5.33. The van der Waals surface area contributed by atoms with Crippen LogP contribution >= 0.6 is 0 Å². The summed E-state index contributed by atoms with van der Waals surface area (Å²) < 4.78 is 4.74. The fraction of sp³-hybridized carbons (Fsp3) is 0.529. The van der Waals surface area contributed by atoms with Crippen LogP contribution in [0.15, 0.2) is 24.3 Å². The molecular weight excluding hydrogens is 346 g/mol. The highest BCUT2D eigenvalue weighted by Crippen LogP contribution is 2.46. The normalized spacial score (nSPS) is 31.2. The average molecular weight is 367 g/mol. The van der Waals surface area contributed by atoms with Gasteiger partial charge < -0.3 is 20.1 Å². The van der Waals surface area contributed by atoms with Crippen molar-refractivity contribution in [2.45, 2.75) is 49.9 Å². The summed E-state index contributed by atoms with van der Waals surface area (Å²) >= 11 is 0. The molecule has 0 aliphatic heterocycles. The second-order valence-electron chi connectivity index (χ2n) is 6.58. The third kappa shape index (κ3) is 3.27. The van der Waals surface area contributed by atoms with Gasteiger partial charge in [0.1, 0.15) is 0 Å². The number of nitro groups is 1. The first-order valence-electron chi connectivity index (χ1n) is 8.11. The molecule has 1 saturated carbocycles. The third-order valence-corrected chi connectivity index (χ3v) is 4.78. The van der Waals surface area contributed by atoms with Gasteiger partial charge in [-0.05, 0) is 25.3 Å². The highest BCUT2D eigenvalue weighted by atomic mass is 16.6. The van der Waals surface area contributed by atoms with E-state index in [1.807, 2.05) is 6.92 Å². The van der Waals surface area contributed by atoms with Crippen LogP contribution in [0.4, 0.5) is 0 Å². The number of carboxylic acid groups (broad SMARTS) is 1. The van der Waals surface area contributed by atoms with E-state index in [4.69, 9.17) is 4.74 Å². The summed E-state index contributed by atoms with van der Waals surface area (Å²) in [5, 5.41) is 42.4. The van der Waals surface area contributed by atoms with Crippen LogP contribution in [-0.2, 0) is 14.3 Å². The smallest absolute Gasteiger partial charge is 0.345 e. The van der Waals surface area contributed by atoms with E-state index in [9.17, 15) is 35.0 Å². The number of hydrogen-bond acceptors (Lipinski definition) is 7. The van der Waals surface area contributed by atoms with E-state index in [0.717, 1.165) is 5.56 Å². The number of esters is 1. The molecule has 2 rings (SSSR count). The molecule has 0 bridgehead atoms. The zero-order valence-electron chi connectivity index (χ0n) is 14.4. The molecule has 0 saturated heterocycles. The van der Waals surface area contributed by atoms with Gasteiger partial charge in [0.15, 0.2) is 0 Å². The largest absolute Gasteiger partial charge is 0.479 e. The van der Waals surface area contributed by atoms with Crippen LogP contribution in [0.5, 0.6) is 0 Å². The minimum Gasteiger partial charge on any atom is -0.479 e. The molecule has 0 heterocycles. The summed E-state index contributed by atoms with van der Waals surface area (Å²) in [6.45, 7) is 3.13.